The largest absolute Gasteiger partial charge is 0.435 e. The van der Waals surface area contributed by atoms with Gasteiger partial charge < -0.3 is 10.1 Å². The molecule has 0 unspecified atom stereocenters. The van der Waals surface area contributed by atoms with Gasteiger partial charge in [-0.25, -0.2) is 9.50 Å². The lowest BCUT2D eigenvalue weighted by Crippen LogP contribution is -2.23. The molecule has 0 spiro atoms. The van der Waals surface area contributed by atoms with Crippen LogP contribution in [-0.2, 0) is 10.9 Å². The van der Waals surface area contributed by atoms with Crippen molar-refractivity contribution in [2.45, 2.75) is 19.0 Å². The summed E-state index contributed by atoms with van der Waals surface area (Å²) in [6, 6.07) is 1.01. The molecular formula is C13H15F3N4O. The first-order valence-electron chi connectivity index (χ1n) is 6.77. The van der Waals surface area contributed by atoms with Crippen LogP contribution in [0.2, 0.25) is 0 Å². The van der Waals surface area contributed by atoms with Crippen LogP contribution in [-0.4, -0.2) is 34.4 Å². The number of halogens is 3. The summed E-state index contributed by atoms with van der Waals surface area (Å²) in [7, 11) is 0. The van der Waals surface area contributed by atoms with Gasteiger partial charge in [0.25, 0.3) is 0 Å². The molecule has 2 aromatic rings. The normalized spacial score (nSPS) is 17.3. The third-order valence-corrected chi connectivity index (χ3v) is 3.58. The molecule has 1 aliphatic heterocycles. The summed E-state index contributed by atoms with van der Waals surface area (Å²) < 4.78 is 44.6. The van der Waals surface area contributed by atoms with E-state index in [0.29, 0.717) is 23.8 Å². The molecular weight excluding hydrogens is 285 g/mol. The minimum atomic E-state index is -4.45. The van der Waals surface area contributed by atoms with Crippen LogP contribution >= 0.6 is 0 Å². The molecule has 114 valence electrons. The van der Waals surface area contributed by atoms with Crippen molar-refractivity contribution in [3.8, 4) is 0 Å². The Morgan fingerprint density at radius 3 is 2.81 bits per heavy atom. The van der Waals surface area contributed by atoms with Gasteiger partial charge in [0, 0.05) is 38.2 Å². The second kappa shape index (κ2) is 5.51. The van der Waals surface area contributed by atoms with E-state index in [9.17, 15) is 13.2 Å². The second-order valence-corrected chi connectivity index (χ2v) is 5.07. The van der Waals surface area contributed by atoms with Crippen LogP contribution in [0.1, 0.15) is 18.5 Å². The maximum atomic E-state index is 12.7. The van der Waals surface area contributed by atoms with Crippen molar-refractivity contribution in [2.75, 3.05) is 25.1 Å². The highest BCUT2D eigenvalue weighted by Crippen LogP contribution is 2.30. The van der Waals surface area contributed by atoms with Crippen LogP contribution in [0.3, 0.4) is 0 Å². The van der Waals surface area contributed by atoms with Crippen LogP contribution in [0.15, 0.2) is 18.5 Å². The Balaban J connectivity index is 1.79. The zero-order chi connectivity index (χ0) is 14.9. The smallest absolute Gasteiger partial charge is 0.381 e. The third-order valence-electron chi connectivity index (χ3n) is 3.58. The van der Waals surface area contributed by atoms with Crippen molar-refractivity contribution in [3.05, 3.63) is 24.2 Å². The molecule has 0 bridgehead atoms. The first-order chi connectivity index (χ1) is 10.0. The van der Waals surface area contributed by atoms with Crippen LogP contribution in [0.25, 0.3) is 5.52 Å². The molecule has 21 heavy (non-hydrogen) atoms. The molecule has 8 heteroatoms. The molecule has 3 rings (SSSR count). The van der Waals surface area contributed by atoms with E-state index in [1.54, 1.807) is 0 Å². The average Bonchev–Trinajstić information content (AvgIpc) is 2.91. The molecule has 0 saturated carbocycles. The van der Waals surface area contributed by atoms with E-state index in [4.69, 9.17) is 4.74 Å². The molecule has 3 heterocycles. The van der Waals surface area contributed by atoms with E-state index in [1.165, 1.54) is 16.9 Å². The summed E-state index contributed by atoms with van der Waals surface area (Å²) in [5.74, 6) is 0.873. The molecule has 1 fully saturated rings. The van der Waals surface area contributed by atoms with Crippen LogP contribution < -0.4 is 5.32 Å². The number of aromatic nitrogens is 3. The minimum Gasteiger partial charge on any atom is -0.381 e. The highest BCUT2D eigenvalue weighted by atomic mass is 19.4. The summed E-state index contributed by atoms with van der Waals surface area (Å²) in [5, 5.41) is 6.66. The molecule has 1 N–H and O–H groups in total. The van der Waals surface area contributed by atoms with Crippen molar-refractivity contribution < 1.29 is 17.9 Å². The van der Waals surface area contributed by atoms with Crippen molar-refractivity contribution in [1.29, 1.82) is 0 Å². The molecule has 0 radical (unpaired) electrons. The number of rotatable bonds is 3. The molecule has 0 atom stereocenters. The Morgan fingerprint density at radius 1 is 1.33 bits per heavy atom. The Labute approximate surface area is 119 Å². The fraction of sp³-hybridized carbons (Fsp3) is 0.538. The molecule has 5 nitrogen and oxygen atoms in total. The van der Waals surface area contributed by atoms with Gasteiger partial charge in [-0.05, 0) is 18.8 Å². The van der Waals surface area contributed by atoms with E-state index >= 15 is 0 Å². The Hall–Kier alpha value is -1.83. The van der Waals surface area contributed by atoms with E-state index < -0.39 is 11.9 Å². The van der Waals surface area contributed by atoms with Gasteiger partial charge in [0.2, 0.25) is 0 Å². The van der Waals surface area contributed by atoms with Crippen molar-refractivity contribution in [3.63, 3.8) is 0 Å². The average molecular weight is 300 g/mol. The van der Waals surface area contributed by atoms with Crippen LogP contribution in [0, 0.1) is 5.92 Å². The third kappa shape index (κ3) is 3.10. The highest BCUT2D eigenvalue weighted by Gasteiger charge is 2.34. The van der Waals surface area contributed by atoms with Gasteiger partial charge in [-0.2, -0.15) is 18.3 Å². The zero-order valence-electron chi connectivity index (χ0n) is 11.2. The zero-order valence-corrected chi connectivity index (χ0v) is 11.2. The lowest BCUT2D eigenvalue weighted by molar-refractivity contribution is -0.141. The summed E-state index contributed by atoms with van der Waals surface area (Å²) in [4.78, 5) is 4.12. The monoisotopic (exact) mass is 300 g/mol. The fourth-order valence-electron chi connectivity index (χ4n) is 2.39. The number of ether oxygens (including phenoxy) is 1. The molecule has 0 amide bonds. The summed E-state index contributed by atoms with van der Waals surface area (Å²) in [5.41, 5.74) is -0.582. The first kappa shape index (κ1) is 14.1. The number of alkyl halides is 3. The summed E-state index contributed by atoms with van der Waals surface area (Å²) >= 11 is 0. The standard InChI is InChI=1S/C13H15F3N4O/c14-13(15,16)11-7-10-12(17-3-4-20(10)19-11)18-8-9-1-5-21-6-2-9/h3-4,7,9H,1-2,5-6,8H2,(H,17,18). The minimum absolute atomic E-state index is 0.330. The van der Waals surface area contributed by atoms with Crippen LogP contribution in [0.4, 0.5) is 19.0 Å². The lowest BCUT2D eigenvalue weighted by Gasteiger charge is -2.22. The summed E-state index contributed by atoms with van der Waals surface area (Å²) in [6.45, 7) is 2.13. The Kier molecular flexibility index (Phi) is 3.71. The van der Waals surface area contributed by atoms with E-state index in [0.717, 1.165) is 32.1 Å². The maximum absolute atomic E-state index is 12.7. The van der Waals surface area contributed by atoms with Gasteiger partial charge in [0.15, 0.2) is 11.5 Å². The number of hydrogen-bond donors (Lipinski definition) is 1. The van der Waals surface area contributed by atoms with E-state index in [-0.39, 0.29) is 0 Å². The SMILES string of the molecule is FC(F)(F)c1cc2c(NCC3CCOCC3)nccn2n1. The van der Waals surface area contributed by atoms with E-state index in [2.05, 4.69) is 15.4 Å². The van der Waals surface area contributed by atoms with Gasteiger partial charge in [-0.15, -0.1) is 0 Å². The molecule has 2 aromatic heterocycles. The van der Waals surface area contributed by atoms with Gasteiger partial charge in [-0.3, -0.25) is 0 Å². The molecule has 0 aliphatic carbocycles. The van der Waals surface area contributed by atoms with Crippen molar-refractivity contribution in [1.82, 2.24) is 14.6 Å². The highest BCUT2D eigenvalue weighted by molar-refractivity contribution is 5.67. The van der Waals surface area contributed by atoms with Crippen molar-refractivity contribution >= 4 is 11.3 Å². The first-order valence-corrected chi connectivity index (χ1v) is 6.77. The maximum Gasteiger partial charge on any atom is 0.435 e. The number of nitrogens with zero attached hydrogens (tertiary/aromatic N) is 3. The van der Waals surface area contributed by atoms with E-state index in [1.807, 2.05) is 0 Å². The van der Waals surface area contributed by atoms with Crippen molar-refractivity contribution in [2.24, 2.45) is 5.92 Å². The lowest BCUT2D eigenvalue weighted by atomic mass is 10.0. The number of hydrogen-bond acceptors (Lipinski definition) is 4. The number of anilines is 1. The number of nitrogens with one attached hydrogen (secondary N) is 1. The van der Waals surface area contributed by atoms with Gasteiger partial charge in [-0.1, -0.05) is 0 Å². The summed E-state index contributed by atoms with van der Waals surface area (Å²) in [6.07, 6.45) is 0.285. The quantitative estimate of drug-likeness (QED) is 0.946. The molecule has 1 aliphatic rings. The molecule has 0 aromatic carbocycles. The Morgan fingerprint density at radius 2 is 2.10 bits per heavy atom. The predicted molar refractivity (Wildman–Crippen MR) is 70.0 cm³/mol. The predicted octanol–water partition coefficient (Wildman–Crippen LogP) is 2.59. The van der Waals surface area contributed by atoms with Crippen LogP contribution in [0.5, 0.6) is 0 Å². The molecule has 1 saturated heterocycles. The van der Waals surface area contributed by atoms with Gasteiger partial charge in [0.05, 0.1) is 0 Å². The fourth-order valence-corrected chi connectivity index (χ4v) is 2.39. The topological polar surface area (TPSA) is 51.5 Å². The van der Waals surface area contributed by atoms with Gasteiger partial charge >= 0.3 is 6.18 Å². The Bertz CT molecular complexity index is 619. The number of fused-ring (bicyclic) bond motifs is 1. The van der Waals surface area contributed by atoms with Gasteiger partial charge in [0.1, 0.15) is 5.52 Å². The second-order valence-electron chi connectivity index (χ2n) is 5.07.